The van der Waals surface area contributed by atoms with Crippen molar-refractivity contribution in [2.75, 3.05) is 5.73 Å². The largest absolute Gasteiger partial charge is 0.384 e. The number of hydrogen-bond acceptors (Lipinski definition) is 2. The molecular formula is C13H22N2. The Morgan fingerprint density at radius 2 is 1.93 bits per heavy atom. The summed E-state index contributed by atoms with van der Waals surface area (Å²) in [4.78, 5) is 4.36. The maximum Gasteiger partial charge on any atom is 0.123 e. The number of anilines is 1. The van der Waals surface area contributed by atoms with Gasteiger partial charge in [0.1, 0.15) is 5.82 Å². The third-order valence-electron chi connectivity index (χ3n) is 2.57. The summed E-state index contributed by atoms with van der Waals surface area (Å²) in [5, 5.41) is 0. The summed E-state index contributed by atoms with van der Waals surface area (Å²) in [7, 11) is 0. The third kappa shape index (κ3) is 2.71. The number of rotatable bonds is 2. The van der Waals surface area contributed by atoms with Crippen molar-refractivity contribution in [3.63, 3.8) is 0 Å². The van der Waals surface area contributed by atoms with Crippen molar-refractivity contribution >= 4 is 5.82 Å². The highest BCUT2D eigenvalue weighted by atomic mass is 14.8. The molecule has 1 aromatic rings. The fourth-order valence-electron chi connectivity index (χ4n) is 2.26. The zero-order valence-electron chi connectivity index (χ0n) is 10.5. The van der Waals surface area contributed by atoms with E-state index in [1.54, 1.807) is 0 Å². The van der Waals surface area contributed by atoms with Gasteiger partial charge in [-0.3, -0.25) is 0 Å². The minimum Gasteiger partial charge on any atom is -0.384 e. The molecule has 0 fully saturated rings. The first-order chi connectivity index (χ1) is 6.86. The number of nitrogen functional groups attached to an aromatic ring is 1. The van der Waals surface area contributed by atoms with Crippen LogP contribution in [0.25, 0.3) is 0 Å². The molecule has 1 heterocycles. The van der Waals surface area contributed by atoms with Crippen LogP contribution in [0.15, 0.2) is 6.07 Å². The highest BCUT2D eigenvalue weighted by Gasteiger charge is 2.21. The summed E-state index contributed by atoms with van der Waals surface area (Å²) in [6, 6.07) is 2.02. The second-order valence-corrected chi connectivity index (χ2v) is 5.17. The Labute approximate surface area is 92.9 Å². The van der Waals surface area contributed by atoms with Gasteiger partial charge in [0, 0.05) is 5.69 Å². The number of hydrogen-bond donors (Lipinski definition) is 1. The minimum absolute atomic E-state index is 0.148. The van der Waals surface area contributed by atoms with Crippen molar-refractivity contribution in [2.45, 2.75) is 52.9 Å². The van der Waals surface area contributed by atoms with Gasteiger partial charge >= 0.3 is 0 Å². The summed E-state index contributed by atoms with van der Waals surface area (Å²) >= 11 is 0. The summed E-state index contributed by atoms with van der Waals surface area (Å²) in [5.74, 6) is 0.643. The van der Waals surface area contributed by atoms with E-state index < -0.39 is 0 Å². The van der Waals surface area contributed by atoms with Gasteiger partial charge in [-0.25, -0.2) is 4.98 Å². The fraction of sp³-hybridized carbons (Fsp3) is 0.615. The molecule has 0 bridgehead atoms. The Hall–Kier alpha value is -1.05. The molecule has 0 aromatic carbocycles. The molecule has 0 spiro atoms. The predicted octanol–water partition coefficient (Wildman–Crippen LogP) is 3.22. The zero-order valence-corrected chi connectivity index (χ0v) is 10.5. The van der Waals surface area contributed by atoms with E-state index in [0.717, 1.165) is 18.5 Å². The van der Waals surface area contributed by atoms with Crippen LogP contribution in [-0.2, 0) is 11.8 Å². The summed E-state index contributed by atoms with van der Waals surface area (Å²) in [5.41, 5.74) is 9.73. The summed E-state index contributed by atoms with van der Waals surface area (Å²) < 4.78 is 0. The minimum atomic E-state index is 0.148. The molecule has 2 heteroatoms. The zero-order chi connectivity index (χ0) is 11.6. The number of aryl methyl sites for hydroxylation is 2. The monoisotopic (exact) mass is 206 g/mol. The van der Waals surface area contributed by atoms with E-state index in [-0.39, 0.29) is 5.41 Å². The third-order valence-corrected chi connectivity index (χ3v) is 2.57. The highest BCUT2D eigenvalue weighted by molar-refractivity contribution is 5.44. The lowest BCUT2D eigenvalue weighted by atomic mass is 9.81. The van der Waals surface area contributed by atoms with E-state index in [4.69, 9.17) is 5.73 Å². The van der Waals surface area contributed by atoms with Gasteiger partial charge in [0.15, 0.2) is 0 Å². The molecule has 0 radical (unpaired) electrons. The molecule has 0 aliphatic carbocycles. The van der Waals surface area contributed by atoms with Crippen molar-refractivity contribution in [3.8, 4) is 0 Å². The number of aromatic nitrogens is 1. The molecular weight excluding hydrogens is 184 g/mol. The summed E-state index contributed by atoms with van der Waals surface area (Å²) in [6.45, 7) is 10.9. The Morgan fingerprint density at radius 3 is 2.40 bits per heavy atom. The van der Waals surface area contributed by atoms with Crippen molar-refractivity contribution in [1.82, 2.24) is 4.98 Å². The van der Waals surface area contributed by atoms with Gasteiger partial charge in [-0.05, 0) is 36.0 Å². The van der Waals surface area contributed by atoms with Crippen molar-refractivity contribution < 1.29 is 0 Å². The van der Waals surface area contributed by atoms with Crippen LogP contribution in [0.4, 0.5) is 5.82 Å². The quantitative estimate of drug-likeness (QED) is 0.807. The normalized spacial score (nSPS) is 11.8. The van der Waals surface area contributed by atoms with E-state index in [0.29, 0.717) is 5.82 Å². The Morgan fingerprint density at radius 1 is 1.33 bits per heavy atom. The Bertz CT molecular complexity index is 348. The number of nitrogens with two attached hydrogens (primary N) is 1. The van der Waals surface area contributed by atoms with Crippen molar-refractivity contribution in [1.29, 1.82) is 0 Å². The van der Waals surface area contributed by atoms with Crippen molar-refractivity contribution in [3.05, 3.63) is 22.9 Å². The molecule has 1 aromatic heterocycles. The lowest BCUT2D eigenvalue weighted by molar-refractivity contribution is 0.573. The second-order valence-electron chi connectivity index (χ2n) is 5.17. The number of nitrogens with zero attached hydrogens (tertiary/aromatic N) is 1. The molecule has 2 N–H and O–H groups in total. The lowest BCUT2D eigenvalue weighted by Gasteiger charge is -2.25. The molecule has 0 saturated heterocycles. The Balaban J connectivity index is 3.33. The van der Waals surface area contributed by atoms with E-state index >= 15 is 0 Å². The van der Waals surface area contributed by atoms with Gasteiger partial charge in [0.2, 0.25) is 0 Å². The van der Waals surface area contributed by atoms with Crippen LogP contribution < -0.4 is 5.73 Å². The van der Waals surface area contributed by atoms with Crippen LogP contribution in [0.1, 0.15) is 50.9 Å². The van der Waals surface area contributed by atoms with E-state index in [9.17, 15) is 0 Å². The molecule has 0 unspecified atom stereocenters. The van der Waals surface area contributed by atoms with Crippen LogP contribution in [0.5, 0.6) is 0 Å². The van der Waals surface area contributed by atoms with Gasteiger partial charge in [0.25, 0.3) is 0 Å². The molecule has 0 saturated carbocycles. The van der Waals surface area contributed by atoms with Crippen molar-refractivity contribution in [2.24, 2.45) is 0 Å². The first-order valence-corrected chi connectivity index (χ1v) is 5.62. The first kappa shape index (κ1) is 12.0. The van der Waals surface area contributed by atoms with Crippen LogP contribution >= 0.6 is 0 Å². The van der Waals surface area contributed by atoms with Gasteiger partial charge in [0.05, 0.1) is 0 Å². The number of pyridine rings is 1. The van der Waals surface area contributed by atoms with Gasteiger partial charge in [-0.2, -0.15) is 0 Å². The van der Waals surface area contributed by atoms with Crippen LogP contribution in [0.3, 0.4) is 0 Å². The predicted molar refractivity (Wildman–Crippen MR) is 66.1 cm³/mol. The van der Waals surface area contributed by atoms with Gasteiger partial charge < -0.3 is 5.73 Å². The van der Waals surface area contributed by atoms with Crippen LogP contribution in [0.2, 0.25) is 0 Å². The smallest absolute Gasteiger partial charge is 0.123 e. The first-order valence-electron chi connectivity index (χ1n) is 5.62. The molecule has 0 aliphatic heterocycles. The average Bonchev–Trinajstić information content (AvgIpc) is 1.99. The topological polar surface area (TPSA) is 38.9 Å². The Kier molecular flexibility index (Phi) is 3.38. The fourth-order valence-corrected chi connectivity index (χ4v) is 2.26. The molecule has 0 atom stereocenters. The maximum atomic E-state index is 5.79. The van der Waals surface area contributed by atoms with Gasteiger partial charge in [-0.15, -0.1) is 0 Å². The molecule has 0 amide bonds. The van der Waals surface area contributed by atoms with Crippen LogP contribution in [0, 0.1) is 6.92 Å². The average molecular weight is 206 g/mol. The molecule has 1 rings (SSSR count). The summed E-state index contributed by atoms with van der Waals surface area (Å²) in [6.07, 6.45) is 2.23. The highest BCUT2D eigenvalue weighted by Crippen LogP contribution is 2.30. The molecule has 2 nitrogen and oxygen atoms in total. The van der Waals surface area contributed by atoms with E-state index in [1.807, 2.05) is 6.07 Å². The molecule has 84 valence electrons. The van der Waals surface area contributed by atoms with Crippen LogP contribution in [-0.4, -0.2) is 4.98 Å². The molecule has 0 aliphatic rings. The van der Waals surface area contributed by atoms with E-state index in [2.05, 4.69) is 39.6 Å². The SMILES string of the molecule is CCCc1cc(N)nc(C)c1C(C)(C)C. The lowest BCUT2D eigenvalue weighted by Crippen LogP contribution is -2.18. The standard InChI is InChI=1S/C13H22N2/c1-6-7-10-8-11(14)15-9(2)12(10)13(3,4)5/h8H,6-7H2,1-5H3,(H2,14,15). The van der Waals surface area contributed by atoms with Gasteiger partial charge in [-0.1, -0.05) is 34.1 Å². The second kappa shape index (κ2) is 4.21. The molecule has 15 heavy (non-hydrogen) atoms. The maximum absolute atomic E-state index is 5.79. The van der Waals surface area contributed by atoms with E-state index in [1.165, 1.54) is 11.1 Å².